The second-order valence-electron chi connectivity index (χ2n) is 5.14. The van der Waals surface area contributed by atoms with Crippen LogP contribution in [-0.2, 0) is 9.59 Å². The van der Waals surface area contributed by atoms with Crippen molar-refractivity contribution in [3.05, 3.63) is 0 Å². The molecule has 0 spiro atoms. The van der Waals surface area contributed by atoms with E-state index in [0.29, 0.717) is 0 Å². The van der Waals surface area contributed by atoms with Crippen molar-refractivity contribution in [3.8, 4) is 0 Å². The van der Waals surface area contributed by atoms with Gasteiger partial charge in [-0.1, -0.05) is 0 Å². The van der Waals surface area contributed by atoms with E-state index in [1.807, 2.05) is 18.7 Å². The molecule has 4 nitrogen and oxygen atoms in total. The molecule has 1 aliphatic heterocycles. The summed E-state index contributed by atoms with van der Waals surface area (Å²) in [5, 5.41) is 2.87. The van der Waals surface area contributed by atoms with Crippen LogP contribution in [0.2, 0.25) is 0 Å². The molecule has 1 heterocycles. The summed E-state index contributed by atoms with van der Waals surface area (Å²) in [6.45, 7) is 5.65. The minimum Gasteiger partial charge on any atom is -0.354 e. The van der Waals surface area contributed by atoms with Crippen molar-refractivity contribution >= 4 is 11.8 Å². The fourth-order valence-corrected chi connectivity index (χ4v) is 2.32. The van der Waals surface area contributed by atoms with Gasteiger partial charge in [0.2, 0.25) is 11.8 Å². The first-order chi connectivity index (χ1) is 7.59. The summed E-state index contributed by atoms with van der Waals surface area (Å²) in [4.78, 5) is 25.5. The Hall–Kier alpha value is -1.06. The SMILES string of the molecule is CC(C)NC(=O)C1CC1C(=O)N1CCCC1. The summed E-state index contributed by atoms with van der Waals surface area (Å²) in [7, 11) is 0. The van der Waals surface area contributed by atoms with Crippen molar-refractivity contribution in [1.82, 2.24) is 10.2 Å². The molecule has 90 valence electrons. The third-order valence-corrected chi connectivity index (χ3v) is 3.29. The zero-order chi connectivity index (χ0) is 11.7. The normalized spacial score (nSPS) is 28.3. The Balaban J connectivity index is 1.81. The first-order valence-corrected chi connectivity index (χ1v) is 6.18. The summed E-state index contributed by atoms with van der Waals surface area (Å²) in [6.07, 6.45) is 2.97. The molecule has 2 unspecified atom stereocenters. The molecule has 0 radical (unpaired) electrons. The molecular weight excluding hydrogens is 204 g/mol. The van der Waals surface area contributed by atoms with Crippen LogP contribution >= 0.6 is 0 Å². The summed E-state index contributed by atoms with van der Waals surface area (Å²) in [5.41, 5.74) is 0. The van der Waals surface area contributed by atoms with Crippen LogP contribution in [0, 0.1) is 11.8 Å². The molecule has 0 aromatic carbocycles. The fourth-order valence-electron chi connectivity index (χ4n) is 2.32. The van der Waals surface area contributed by atoms with E-state index >= 15 is 0 Å². The largest absolute Gasteiger partial charge is 0.354 e. The van der Waals surface area contributed by atoms with Crippen LogP contribution in [0.5, 0.6) is 0 Å². The third-order valence-electron chi connectivity index (χ3n) is 3.29. The number of likely N-dealkylation sites (tertiary alicyclic amines) is 1. The van der Waals surface area contributed by atoms with Crippen LogP contribution in [0.3, 0.4) is 0 Å². The lowest BCUT2D eigenvalue weighted by molar-refractivity contribution is -0.133. The summed E-state index contributed by atoms with van der Waals surface area (Å²) < 4.78 is 0. The van der Waals surface area contributed by atoms with Crippen molar-refractivity contribution in [2.24, 2.45) is 11.8 Å². The van der Waals surface area contributed by atoms with E-state index in [9.17, 15) is 9.59 Å². The lowest BCUT2D eigenvalue weighted by atomic mass is 10.2. The molecule has 1 aliphatic carbocycles. The van der Waals surface area contributed by atoms with Gasteiger partial charge in [0, 0.05) is 19.1 Å². The number of hydrogen-bond acceptors (Lipinski definition) is 2. The van der Waals surface area contributed by atoms with Crippen molar-refractivity contribution in [2.75, 3.05) is 13.1 Å². The van der Waals surface area contributed by atoms with E-state index in [1.165, 1.54) is 0 Å². The molecule has 16 heavy (non-hydrogen) atoms. The summed E-state index contributed by atoms with van der Waals surface area (Å²) >= 11 is 0. The lowest BCUT2D eigenvalue weighted by Gasteiger charge is -2.15. The average Bonchev–Trinajstić information content (AvgIpc) is 2.83. The van der Waals surface area contributed by atoms with Crippen LogP contribution in [0.25, 0.3) is 0 Å². The highest BCUT2D eigenvalue weighted by atomic mass is 16.2. The van der Waals surface area contributed by atoms with Gasteiger partial charge >= 0.3 is 0 Å². The predicted molar refractivity (Wildman–Crippen MR) is 60.7 cm³/mol. The Morgan fingerprint density at radius 3 is 2.38 bits per heavy atom. The van der Waals surface area contributed by atoms with Gasteiger partial charge in [-0.25, -0.2) is 0 Å². The van der Waals surface area contributed by atoms with Gasteiger partial charge < -0.3 is 10.2 Å². The molecular formula is C12H20N2O2. The molecule has 2 aliphatic rings. The molecule has 2 amide bonds. The number of carbonyl (C=O) groups is 2. The molecule has 1 N–H and O–H groups in total. The van der Waals surface area contributed by atoms with E-state index in [2.05, 4.69) is 5.32 Å². The minimum absolute atomic E-state index is 0.0307. The molecule has 4 heteroatoms. The van der Waals surface area contributed by atoms with E-state index in [-0.39, 0.29) is 29.7 Å². The molecule has 1 saturated heterocycles. The topological polar surface area (TPSA) is 49.4 Å². The van der Waals surface area contributed by atoms with Gasteiger partial charge in [0.15, 0.2) is 0 Å². The number of nitrogens with zero attached hydrogens (tertiary/aromatic N) is 1. The van der Waals surface area contributed by atoms with Crippen LogP contribution in [-0.4, -0.2) is 35.8 Å². The Morgan fingerprint density at radius 1 is 1.19 bits per heavy atom. The second-order valence-corrected chi connectivity index (χ2v) is 5.14. The quantitative estimate of drug-likeness (QED) is 0.769. The van der Waals surface area contributed by atoms with Crippen molar-refractivity contribution < 1.29 is 9.59 Å². The zero-order valence-corrected chi connectivity index (χ0v) is 10.0. The molecule has 0 aromatic heterocycles. The number of nitrogens with one attached hydrogen (secondary N) is 1. The van der Waals surface area contributed by atoms with Crippen LogP contribution in [0.15, 0.2) is 0 Å². The van der Waals surface area contributed by atoms with Crippen molar-refractivity contribution in [2.45, 2.75) is 39.2 Å². The van der Waals surface area contributed by atoms with E-state index < -0.39 is 0 Å². The fraction of sp³-hybridized carbons (Fsp3) is 0.833. The molecule has 0 aromatic rings. The first-order valence-electron chi connectivity index (χ1n) is 6.18. The Kier molecular flexibility index (Phi) is 3.17. The first kappa shape index (κ1) is 11.4. The zero-order valence-electron chi connectivity index (χ0n) is 10.0. The van der Waals surface area contributed by atoms with Gasteiger partial charge in [-0.2, -0.15) is 0 Å². The lowest BCUT2D eigenvalue weighted by Crippen LogP contribution is -2.34. The average molecular weight is 224 g/mol. The molecule has 2 fully saturated rings. The second kappa shape index (κ2) is 4.44. The van der Waals surface area contributed by atoms with E-state index in [0.717, 1.165) is 32.4 Å². The standard InChI is InChI=1S/C12H20N2O2/c1-8(2)13-11(15)9-7-10(9)12(16)14-5-3-4-6-14/h8-10H,3-7H2,1-2H3,(H,13,15). The Bertz CT molecular complexity index is 295. The summed E-state index contributed by atoms with van der Waals surface area (Å²) in [5.74, 6) is 0.154. The maximum atomic E-state index is 12.0. The summed E-state index contributed by atoms with van der Waals surface area (Å²) in [6, 6.07) is 0.163. The smallest absolute Gasteiger partial charge is 0.226 e. The molecule has 2 atom stereocenters. The third kappa shape index (κ3) is 2.36. The van der Waals surface area contributed by atoms with Gasteiger partial charge in [0.05, 0.1) is 11.8 Å². The maximum Gasteiger partial charge on any atom is 0.226 e. The highest BCUT2D eigenvalue weighted by Crippen LogP contribution is 2.40. The molecule has 0 bridgehead atoms. The Labute approximate surface area is 96.4 Å². The Morgan fingerprint density at radius 2 is 1.81 bits per heavy atom. The van der Waals surface area contributed by atoms with Gasteiger partial charge in [-0.15, -0.1) is 0 Å². The van der Waals surface area contributed by atoms with Crippen molar-refractivity contribution in [3.63, 3.8) is 0 Å². The van der Waals surface area contributed by atoms with E-state index in [1.54, 1.807) is 0 Å². The number of rotatable bonds is 3. The van der Waals surface area contributed by atoms with Crippen LogP contribution in [0.4, 0.5) is 0 Å². The van der Waals surface area contributed by atoms with Gasteiger partial charge in [0.1, 0.15) is 0 Å². The monoisotopic (exact) mass is 224 g/mol. The van der Waals surface area contributed by atoms with Crippen LogP contribution in [0.1, 0.15) is 33.1 Å². The maximum absolute atomic E-state index is 12.0. The minimum atomic E-state index is -0.0597. The highest BCUT2D eigenvalue weighted by molar-refractivity contribution is 5.92. The highest BCUT2D eigenvalue weighted by Gasteiger charge is 2.49. The van der Waals surface area contributed by atoms with Gasteiger partial charge in [-0.3, -0.25) is 9.59 Å². The van der Waals surface area contributed by atoms with E-state index in [4.69, 9.17) is 0 Å². The predicted octanol–water partition coefficient (Wildman–Crippen LogP) is 0.769. The van der Waals surface area contributed by atoms with Gasteiger partial charge in [-0.05, 0) is 33.1 Å². The molecule has 1 saturated carbocycles. The molecule has 2 rings (SSSR count). The van der Waals surface area contributed by atoms with Gasteiger partial charge in [0.25, 0.3) is 0 Å². The van der Waals surface area contributed by atoms with Crippen LogP contribution < -0.4 is 5.32 Å². The van der Waals surface area contributed by atoms with Crippen molar-refractivity contribution in [1.29, 1.82) is 0 Å². The number of carbonyl (C=O) groups excluding carboxylic acids is 2. The number of amides is 2. The number of hydrogen-bond donors (Lipinski definition) is 1.